The Bertz CT molecular complexity index is 869. The van der Waals surface area contributed by atoms with Gasteiger partial charge in [-0.05, 0) is 45.1 Å². The molecule has 32 heavy (non-hydrogen) atoms. The fourth-order valence-corrected chi connectivity index (χ4v) is 4.65. The van der Waals surface area contributed by atoms with Gasteiger partial charge in [0, 0.05) is 50.4 Å². The zero-order valence-electron chi connectivity index (χ0n) is 19.3. The summed E-state index contributed by atoms with van der Waals surface area (Å²) in [7, 11) is 3.56. The second-order valence-corrected chi connectivity index (χ2v) is 8.79. The maximum atomic E-state index is 14.2. The number of hydrogen-bond donors (Lipinski definition) is 3. The Balaban J connectivity index is 1.58. The average molecular weight is 447 g/mol. The lowest BCUT2D eigenvalue weighted by Crippen LogP contribution is -2.59. The lowest BCUT2D eigenvalue weighted by molar-refractivity contribution is 0.201. The van der Waals surface area contributed by atoms with Crippen LogP contribution in [0.15, 0.2) is 28.2 Å². The van der Waals surface area contributed by atoms with Crippen molar-refractivity contribution >= 4 is 17.6 Å². The first kappa shape index (κ1) is 22.8. The van der Waals surface area contributed by atoms with Crippen LogP contribution in [0.4, 0.5) is 10.1 Å². The maximum Gasteiger partial charge on any atom is 0.211 e. The van der Waals surface area contributed by atoms with Crippen LogP contribution in [0.1, 0.15) is 26.2 Å². The molecule has 0 amide bonds. The number of nitrogens with zero attached hydrogens (tertiary/aromatic N) is 5. The summed E-state index contributed by atoms with van der Waals surface area (Å²) in [6, 6.07) is 5.08. The van der Waals surface area contributed by atoms with Gasteiger partial charge in [0.15, 0.2) is 11.6 Å². The fourth-order valence-electron chi connectivity index (χ4n) is 4.65. The van der Waals surface area contributed by atoms with E-state index in [9.17, 15) is 4.39 Å². The van der Waals surface area contributed by atoms with Crippen LogP contribution < -0.4 is 21.1 Å². The molecule has 0 radical (unpaired) electrons. The Morgan fingerprint density at radius 1 is 1.25 bits per heavy atom. The Labute approximate surface area is 189 Å². The standard InChI is InChI=1S/C22H35FN8O/c1-4-30-9-5-6-17(30)15-22(24)27-20(25-16-7-8-19(32-3)18(23)14-16)26-21(28-22)31-12-10-29(2)11-13-31/h7-8,14,17H,4-6,9-13,15,24H2,1-3H3,(H2,25,26,27,28). The fraction of sp³-hybridized carbons (Fsp3) is 0.636. The predicted molar refractivity (Wildman–Crippen MR) is 125 cm³/mol. The Morgan fingerprint density at radius 3 is 2.72 bits per heavy atom. The molecular weight excluding hydrogens is 411 g/mol. The molecule has 2 unspecified atom stereocenters. The van der Waals surface area contributed by atoms with Gasteiger partial charge in [0.1, 0.15) is 0 Å². The van der Waals surface area contributed by atoms with E-state index in [1.165, 1.54) is 19.6 Å². The SMILES string of the molecule is CCN1CCCC1CC1(N)N=C(Nc2ccc(OC)c(F)c2)NC(N2CCN(C)CC2)=N1. The van der Waals surface area contributed by atoms with Gasteiger partial charge in [-0.15, -0.1) is 0 Å². The zero-order valence-corrected chi connectivity index (χ0v) is 19.3. The van der Waals surface area contributed by atoms with Gasteiger partial charge in [-0.2, -0.15) is 0 Å². The second kappa shape index (κ2) is 9.60. The minimum atomic E-state index is -1.08. The highest BCUT2D eigenvalue weighted by Crippen LogP contribution is 2.28. The van der Waals surface area contributed by atoms with Crippen molar-refractivity contribution in [1.82, 2.24) is 20.0 Å². The summed E-state index contributed by atoms with van der Waals surface area (Å²) in [5, 5.41) is 6.48. The van der Waals surface area contributed by atoms with Crippen molar-refractivity contribution in [2.24, 2.45) is 15.7 Å². The molecule has 0 spiro atoms. The molecule has 4 rings (SSSR count). The zero-order chi connectivity index (χ0) is 22.7. The average Bonchev–Trinajstić information content (AvgIpc) is 3.20. The minimum Gasteiger partial charge on any atom is -0.494 e. The van der Waals surface area contributed by atoms with E-state index in [1.807, 2.05) is 0 Å². The Morgan fingerprint density at radius 2 is 2.03 bits per heavy atom. The number of rotatable bonds is 5. The molecule has 1 aromatic rings. The molecular formula is C22H35FN8O. The van der Waals surface area contributed by atoms with Crippen LogP contribution in [-0.4, -0.2) is 91.9 Å². The molecule has 0 aromatic heterocycles. The highest BCUT2D eigenvalue weighted by Gasteiger charge is 2.37. The monoisotopic (exact) mass is 446 g/mol. The number of aliphatic imine (C=N–C) groups is 2. The van der Waals surface area contributed by atoms with Crippen molar-refractivity contribution in [3.63, 3.8) is 0 Å². The quantitative estimate of drug-likeness (QED) is 0.628. The smallest absolute Gasteiger partial charge is 0.211 e. The third-order valence-corrected chi connectivity index (χ3v) is 6.49. The van der Waals surface area contributed by atoms with Crippen LogP contribution in [0.3, 0.4) is 0 Å². The van der Waals surface area contributed by atoms with Crippen LogP contribution in [0.2, 0.25) is 0 Å². The molecule has 10 heteroatoms. The summed E-state index contributed by atoms with van der Waals surface area (Å²) < 4.78 is 19.2. The van der Waals surface area contributed by atoms with Gasteiger partial charge in [-0.3, -0.25) is 11.1 Å². The van der Waals surface area contributed by atoms with Crippen LogP contribution in [0.25, 0.3) is 0 Å². The molecule has 3 heterocycles. The molecule has 176 valence electrons. The van der Waals surface area contributed by atoms with Crippen LogP contribution in [0, 0.1) is 5.82 Å². The normalized spacial score (nSPS) is 27.0. The van der Waals surface area contributed by atoms with Crippen LogP contribution in [0.5, 0.6) is 5.75 Å². The number of guanidine groups is 2. The van der Waals surface area contributed by atoms with Crippen molar-refractivity contribution in [2.75, 3.05) is 58.7 Å². The summed E-state index contributed by atoms with van der Waals surface area (Å²) in [5.41, 5.74) is 7.35. The highest BCUT2D eigenvalue weighted by molar-refractivity contribution is 6.06. The summed E-state index contributed by atoms with van der Waals surface area (Å²) >= 11 is 0. The number of nitrogens with one attached hydrogen (secondary N) is 2. The molecule has 3 aliphatic rings. The van der Waals surface area contributed by atoms with Crippen molar-refractivity contribution < 1.29 is 9.13 Å². The molecule has 2 saturated heterocycles. The van der Waals surface area contributed by atoms with E-state index in [0.29, 0.717) is 30.1 Å². The second-order valence-electron chi connectivity index (χ2n) is 8.79. The highest BCUT2D eigenvalue weighted by atomic mass is 19.1. The summed E-state index contributed by atoms with van der Waals surface area (Å²) in [6.45, 7) is 7.87. The van der Waals surface area contributed by atoms with E-state index >= 15 is 0 Å². The van der Waals surface area contributed by atoms with E-state index in [1.54, 1.807) is 12.1 Å². The van der Waals surface area contributed by atoms with Gasteiger partial charge in [-0.25, -0.2) is 14.4 Å². The first-order valence-corrected chi connectivity index (χ1v) is 11.4. The lowest BCUT2D eigenvalue weighted by atomic mass is 10.1. The summed E-state index contributed by atoms with van der Waals surface area (Å²) in [6.07, 6.45) is 2.91. The lowest BCUT2D eigenvalue weighted by Gasteiger charge is -2.39. The number of anilines is 1. The van der Waals surface area contributed by atoms with E-state index in [0.717, 1.165) is 45.7 Å². The first-order chi connectivity index (χ1) is 15.4. The number of nitrogens with two attached hydrogens (primary N) is 1. The minimum absolute atomic E-state index is 0.197. The predicted octanol–water partition coefficient (Wildman–Crippen LogP) is 1.30. The molecule has 3 aliphatic heterocycles. The molecule has 1 aromatic carbocycles. The number of likely N-dealkylation sites (tertiary alicyclic amines) is 1. The number of piperazine rings is 1. The number of hydrogen-bond acceptors (Lipinski definition) is 9. The van der Waals surface area contributed by atoms with Gasteiger partial charge in [-0.1, -0.05) is 6.92 Å². The molecule has 9 nitrogen and oxygen atoms in total. The molecule has 0 saturated carbocycles. The van der Waals surface area contributed by atoms with E-state index in [4.69, 9.17) is 20.5 Å². The summed E-state index contributed by atoms with van der Waals surface area (Å²) in [4.78, 5) is 16.6. The van der Waals surface area contributed by atoms with Crippen molar-refractivity contribution in [3.05, 3.63) is 24.0 Å². The molecule has 4 N–H and O–H groups in total. The van der Waals surface area contributed by atoms with E-state index in [-0.39, 0.29) is 5.75 Å². The molecule has 0 aliphatic carbocycles. The number of halogens is 1. The van der Waals surface area contributed by atoms with E-state index < -0.39 is 11.6 Å². The number of ether oxygens (including phenoxy) is 1. The van der Waals surface area contributed by atoms with Gasteiger partial charge >= 0.3 is 0 Å². The molecule has 0 bridgehead atoms. The third kappa shape index (κ3) is 5.13. The molecule has 2 atom stereocenters. The van der Waals surface area contributed by atoms with Gasteiger partial charge in [0.25, 0.3) is 0 Å². The summed E-state index contributed by atoms with van der Waals surface area (Å²) in [5.74, 6) is -0.136. The number of benzene rings is 1. The topological polar surface area (TPSA) is 93.7 Å². The first-order valence-electron chi connectivity index (χ1n) is 11.4. The third-order valence-electron chi connectivity index (χ3n) is 6.49. The van der Waals surface area contributed by atoms with Gasteiger partial charge < -0.3 is 24.8 Å². The van der Waals surface area contributed by atoms with Crippen LogP contribution >= 0.6 is 0 Å². The van der Waals surface area contributed by atoms with Crippen molar-refractivity contribution in [1.29, 1.82) is 0 Å². The Kier molecular flexibility index (Phi) is 6.82. The van der Waals surface area contributed by atoms with Crippen molar-refractivity contribution in [2.45, 2.75) is 38.0 Å². The Hall–Kier alpha value is -2.43. The van der Waals surface area contributed by atoms with Gasteiger partial charge in [0.05, 0.1) is 7.11 Å². The number of likely N-dealkylation sites (N-methyl/N-ethyl adjacent to an activating group) is 1. The van der Waals surface area contributed by atoms with E-state index in [2.05, 4.69) is 39.3 Å². The largest absolute Gasteiger partial charge is 0.494 e. The molecule has 2 fully saturated rings. The van der Waals surface area contributed by atoms with Crippen LogP contribution in [-0.2, 0) is 0 Å². The maximum absolute atomic E-state index is 14.2. The van der Waals surface area contributed by atoms with Crippen molar-refractivity contribution in [3.8, 4) is 5.75 Å². The number of methoxy groups -OCH3 is 1. The van der Waals surface area contributed by atoms with Gasteiger partial charge in [0.2, 0.25) is 17.7 Å².